The van der Waals surface area contributed by atoms with E-state index in [9.17, 15) is 40.7 Å². The second-order valence-electron chi connectivity index (χ2n) is 13.1. The van der Waals surface area contributed by atoms with E-state index in [1.165, 1.54) is 4.90 Å². The van der Waals surface area contributed by atoms with Crippen molar-refractivity contribution in [3.8, 4) is 0 Å². The summed E-state index contributed by atoms with van der Waals surface area (Å²) in [6.45, 7) is 2.44. The molecular formula is C29H30F6N8O5. The third kappa shape index (κ3) is 5.35. The Morgan fingerprint density at radius 1 is 1.04 bits per heavy atom. The van der Waals surface area contributed by atoms with Gasteiger partial charge < -0.3 is 24.0 Å². The Morgan fingerprint density at radius 2 is 1.73 bits per heavy atom. The molecule has 1 spiro atoms. The van der Waals surface area contributed by atoms with E-state index in [4.69, 9.17) is 9.26 Å². The number of nitrogens with zero attached hydrogens (tertiary/aromatic N) is 7. The van der Waals surface area contributed by atoms with Crippen molar-refractivity contribution < 1.29 is 45.2 Å². The summed E-state index contributed by atoms with van der Waals surface area (Å²) in [4.78, 5) is 50.2. The van der Waals surface area contributed by atoms with Gasteiger partial charge in [-0.15, -0.1) is 0 Å². The molecule has 13 nitrogen and oxygen atoms in total. The number of aromatic amines is 1. The molecular weight excluding hydrogens is 654 g/mol. The average Bonchev–Trinajstić information content (AvgIpc) is 3.35. The molecule has 3 aliphatic heterocycles. The van der Waals surface area contributed by atoms with Crippen LogP contribution in [-0.4, -0.2) is 97.1 Å². The van der Waals surface area contributed by atoms with Gasteiger partial charge in [0, 0.05) is 63.1 Å². The lowest BCUT2D eigenvalue weighted by Gasteiger charge is -2.51. The number of halogens is 6. The van der Waals surface area contributed by atoms with Gasteiger partial charge in [0.05, 0.1) is 11.6 Å². The highest BCUT2D eigenvalue weighted by Crippen LogP contribution is 2.60. The lowest BCUT2D eigenvalue weighted by atomic mass is 9.70. The topological polar surface area (TPSA) is 152 Å². The SMILES string of the molecule is CC(c1nc(C2CN(C(=O)c3c[nH]c(=O)c(C(F)(F)F)n3)CC23CN(C(=O)C2(C(F)(F)F)CC2)C3)no1)n1ccc(C2CCOCC2)n1. The van der Waals surface area contributed by atoms with Crippen LogP contribution in [0.2, 0.25) is 0 Å². The van der Waals surface area contributed by atoms with Crippen molar-refractivity contribution in [2.75, 3.05) is 39.4 Å². The number of likely N-dealkylation sites (tertiary alicyclic amines) is 2. The van der Waals surface area contributed by atoms with Gasteiger partial charge in [-0.25, -0.2) is 4.98 Å². The van der Waals surface area contributed by atoms with Crippen LogP contribution in [0.4, 0.5) is 26.3 Å². The maximum atomic E-state index is 13.7. The fraction of sp³-hybridized carbons (Fsp3) is 0.621. The predicted octanol–water partition coefficient (Wildman–Crippen LogP) is 3.28. The molecule has 1 aliphatic carbocycles. The van der Waals surface area contributed by atoms with Crippen molar-refractivity contribution >= 4 is 11.8 Å². The van der Waals surface area contributed by atoms with Crippen LogP contribution >= 0.6 is 0 Å². The van der Waals surface area contributed by atoms with Crippen molar-refractivity contribution in [2.24, 2.45) is 10.8 Å². The zero-order chi connectivity index (χ0) is 34.2. The number of hydrogen-bond acceptors (Lipinski definition) is 9. The Hall–Kier alpha value is -4.29. The number of nitrogens with one attached hydrogen (secondary N) is 1. The number of rotatable bonds is 6. The standard InChI is InChI=1S/C29H30F6N8O5/c1-15(43-7-2-18(39-43)16-3-8-47-9-4-16)23-38-21(40-48-23)17-11-41(24(45)19-10-36-22(44)20(37-19)28(30,31)32)12-26(17)13-42(14-26)25(46)27(5-6-27)29(33,34)35/h2,7,10,15-17H,3-6,8-9,11-14H2,1H3,(H,36,44). The summed E-state index contributed by atoms with van der Waals surface area (Å²) in [6, 6.07) is 1.39. The molecule has 1 N–H and O–H groups in total. The van der Waals surface area contributed by atoms with Gasteiger partial charge in [-0.1, -0.05) is 5.16 Å². The molecule has 6 heterocycles. The zero-order valence-corrected chi connectivity index (χ0v) is 25.5. The minimum Gasteiger partial charge on any atom is -0.381 e. The van der Waals surface area contributed by atoms with Gasteiger partial charge in [0.25, 0.3) is 17.4 Å². The molecule has 2 unspecified atom stereocenters. The van der Waals surface area contributed by atoms with Gasteiger partial charge >= 0.3 is 12.4 Å². The van der Waals surface area contributed by atoms with Crippen LogP contribution in [0.3, 0.4) is 0 Å². The van der Waals surface area contributed by atoms with Crippen LogP contribution in [0.25, 0.3) is 0 Å². The van der Waals surface area contributed by atoms with Gasteiger partial charge in [0.1, 0.15) is 17.2 Å². The van der Waals surface area contributed by atoms with Crippen LogP contribution in [0.5, 0.6) is 0 Å². The smallest absolute Gasteiger partial charge is 0.381 e. The van der Waals surface area contributed by atoms with Crippen LogP contribution in [0.1, 0.15) is 84.1 Å². The van der Waals surface area contributed by atoms with E-state index < -0.39 is 63.9 Å². The Balaban J connectivity index is 1.15. The number of carbonyl (C=O) groups is 2. The third-order valence-corrected chi connectivity index (χ3v) is 10.0. The molecule has 258 valence electrons. The summed E-state index contributed by atoms with van der Waals surface area (Å²) in [7, 11) is 0. The van der Waals surface area contributed by atoms with Crippen LogP contribution in [-0.2, 0) is 15.7 Å². The lowest BCUT2D eigenvalue weighted by Crippen LogP contribution is -2.64. The second kappa shape index (κ2) is 11.1. The van der Waals surface area contributed by atoms with Crippen LogP contribution < -0.4 is 5.56 Å². The first kappa shape index (κ1) is 32.3. The number of alkyl halides is 6. The van der Waals surface area contributed by atoms with Gasteiger partial charge in [0.15, 0.2) is 5.82 Å². The highest BCUT2D eigenvalue weighted by atomic mass is 19.4. The Bertz CT molecular complexity index is 1780. The fourth-order valence-electron chi connectivity index (χ4n) is 7.02. The highest BCUT2D eigenvalue weighted by Gasteiger charge is 2.71. The van der Waals surface area contributed by atoms with Gasteiger partial charge in [0.2, 0.25) is 11.6 Å². The van der Waals surface area contributed by atoms with E-state index in [1.807, 2.05) is 11.1 Å². The molecule has 3 saturated heterocycles. The molecule has 2 amide bonds. The summed E-state index contributed by atoms with van der Waals surface area (Å²) < 4.78 is 94.0. The van der Waals surface area contributed by atoms with E-state index in [2.05, 4.69) is 20.2 Å². The van der Waals surface area contributed by atoms with E-state index >= 15 is 0 Å². The summed E-state index contributed by atoms with van der Waals surface area (Å²) in [5.41, 5.74) is -6.56. The van der Waals surface area contributed by atoms with E-state index in [1.54, 1.807) is 17.8 Å². The largest absolute Gasteiger partial charge is 0.438 e. The van der Waals surface area contributed by atoms with Crippen LogP contribution in [0, 0.1) is 10.8 Å². The van der Waals surface area contributed by atoms with Crippen molar-refractivity contribution in [1.82, 2.24) is 39.7 Å². The maximum Gasteiger partial charge on any atom is 0.438 e. The Kier molecular flexibility index (Phi) is 7.48. The molecule has 3 aromatic rings. The molecule has 0 bridgehead atoms. The molecule has 3 aromatic heterocycles. The Labute approximate surface area is 267 Å². The predicted molar refractivity (Wildman–Crippen MR) is 148 cm³/mol. The van der Waals surface area contributed by atoms with Crippen LogP contribution in [0.15, 0.2) is 27.8 Å². The van der Waals surface area contributed by atoms with E-state index in [0.717, 1.165) is 29.6 Å². The number of H-pyrrole nitrogens is 1. The third-order valence-electron chi connectivity index (χ3n) is 10.0. The molecule has 0 radical (unpaired) electrons. The molecule has 2 atom stereocenters. The van der Waals surface area contributed by atoms with Crippen molar-refractivity contribution in [3.05, 3.63) is 57.6 Å². The summed E-state index contributed by atoms with van der Waals surface area (Å²) in [6.07, 6.45) is -6.25. The minimum atomic E-state index is -5.12. The molecule has 4 aliphatic rings. The highest BCUT2D eigenvalue weighted by molar-refractivity contribution is 5.92. The number of carbonyl (C=O) groups excluding carboxylic acids is 2. The summed E-state index contributed by atoms with van der Waals surface area (Å²) in [5, 5.41) is 8.82. The van der Waals surface area contributed by atoms with Crippen molar-refractivity contribution in [1.29, 1.82) is 0 Å². The average molecular weight is 685 g/mol. The van der Waals surface area contributed by atoms with Gasteiger partial charge in [-0.2, -0.15) is 36.4 Å². The fourth-order valence-corrected chi connectivity index (χ4v) is 7.02. The zero-order valence-electron chi connectivity index (χ0n) is 25.5. The molecule has 19 heteroatoms. The summed E-state index contributed by atoms with van der Waals surface area (Å²) in [5.74, 6) is -2.22. The first-order valence-corrected chi connectivity index (χ1v) is 15.4. The molecule has 48 heavy (non-hydrogen) atoms. The molecule has 7 rings (SSSR count). The number of hydrogen-bond donors (Lipinski definition) is 1. The van der Waals surface area contributed by atoms with E-state index in [0.29, 0.717) is 13.2 Å². The first-order valence-electron chi connectivity index (χ1n) is 15.4. The summed E-state index contributed by atoms with van der Waals surface area (Å²) >= 11 is 0. The number of aromatic nitrogens is 6. The Morgan fingerprint density at radius 3 is 2.38 bits per heavy atom. The first-order chi connectivity index (χ1) is 22.6. The minimum absolute atomic E-state index is 0.124. The normalized spacial score (nSPS) is 22.9. The van der Waals surface area contributed by atoms with Crippen molar-refractivity contribution in [3.63, 3.8) is 0 Å². The maximum absolute atomic E-state index is 13.7. The lowest BCUT2D eigenvalue weighted by molar-refractivity contribution is -0.204. The van der Waals surface area contributed by atoms with Gasteiger partial charge in [-0.3, -0.25) is 19.1 Å². The molecule has 4 fully saturated rings. The molecule has 1 saturated carbocycles. The van der Waals surface area contributed by atoms with E-state index in [-0.39, 0.29) is 56.7 Å². The van der Waals surface area contributed by atoms with Gasteiger partial charge in [-0.05, 0) is 38.7 Å². The van der Waals surface area contributed by atoms with Crippen molar-refractivity contribution in [2.45, 2.75) is 62.8 Å². The second-order valence-corrected chi connectivity index (χ2v) is 13.1. The number of amides is 2. The monoisotopic (exact) mass is 684 g/mol. The number of ether oxygens (including phenoxy) is 1. The molecule has 0 aromatic carbocycles. The quantitative estimate of drug-likeness (QED) is 0.386.